The SMILES string of the molecule is CC(C)(C)NCCCCCCn1nnc2ccccc21. The molecule has 4 nitrogen and oxygen atoms in total. The topological polar surface area (TPSA) is 42.7 Å². The van der Waals surface area contributed by atoms with Crippen LogP contribution in [0.2, 0.25) is 0 Å². The van der Waals surface area contributed by atoms with Crippen molar-refractivity contribution in [2.75, 3.05) is 6.54 Å². The zero-order chi connectivity index (χ0) is 14.4. The normalized spacial score (nSPS) is 12.2. The molecule has 0 fully saturated rings. The van der Waals surface area contributed by atoms with Gasteiger partial charge in [0, 0.05) is 12.1 Å². The lowest BCUT2D eigenvalue weighted by atomic mass is 10.1. The molecule has 0 saturated carbocycles. The first-order valence-corrected chi connectivity index (χ1v) is 7.59. The molecule has 0 aliphatic heterocycles. The van der Waals surface area contributed by atoms with Crippen molar-refractivity contribution in [3.8, 4) is 0 Å². The summed E-state index contributed by atoms with van der Waals surface area (Å²) in [5.41, 5.74) is 2.36. The summed E-state index contributed by atoms with van der Waals surface area (Å²) in [6.45, 7) is 8.71. The first kappa shape index (κ1) is 15.0. The molecular formula is C16H26N4. The number of rotatable bonds is 7. The lowest BCUT2D eigenvalue weighted by Gasteiger charge is -2.20. The third-order valence-electron chi connectivity index (χ3n) is 3.37. The van der Waals surface area contributed by atoms with E-state index >= 15 is 0 Å². The second-order valence-corrected chi connectivity index (χ2v) is 6.39. The Hall–Kier alpha value is -1.42. The molecule has 0 amide bonds. The molecule has 0 aliphatic rings. The van der Waals surface area contributed by atoms with Crippen LogP contribution in [0.5, 0.6) is 0 Å². The second-order valence-electron chi connectivity index (χ2n) is 6.39. The highest BCUT2D eigenvalue weighted by atomic mass is 15.4. The maximum Gasteiger partial charge on any atom is 0.113 e. The Kier molecular flexibility index (Phi) is 5.12. The first-order chi connectivity index (χ1) is 9.56. The van der Waals surface area contributed by atoms with Gasteiger partial charge in [0.15, 0.2) is 0 Å². The smallest absolute Gasteiger partial charge is 0.113 e. The van der Waals surface area contributed by atoms with Crippen molar-refractivity contribution < 1.29 is 0 Å². The van der Waals surface area contributed by atoms with E-state index < -0.39 is 0 Å². The van der Waals surface area contributed by atoms with Crippen molar-refractivity contribution >= 4 is 11.0 Å². The molecule has 1 aromatic heterocycles. The van der Waals surface area contributed by atoms with Crippen molar-refractivity contribution in [3.63, 3.8) is 0 Å². The van der Waals surface area contributed by atoms with Gasteiger partial charge < -0.3 is 5.32 Å². The Morgan fingerprint density at radius 2 is 1.80 bits per heavy atom. The van der Waals surface area contributed by atoms with Crippen LogP contribution in [-0.4, -0.2) is 27.1 Å². The monoisotopic (exact) mass is 274 g/mol. The van der Waals surface area contributed by atoms with Crippen molar-refractivity contribution in [2.45, 2.75) is 58.5 Å². The highest BCUT2D eigenvalue weighted by Crippen LogP contribution is 2.11. The van der Waals surface area contributed by atoms with Gasteiger partial charge in [0.05, 0.1) is 5.52 Å². The van der Waals surface area contributed by atoms with E-state index in [1.54, 1.807) is 0 Å². The van der Waals surface area contributed by atoms with E-state index in [1.807, 2.05) is 22.9 Å². The predicted octanol–water partition coefficient (Wildman–Crippen LogP) is 3.38. The molecule has 4 heteroatoms. The molecule has 1 N–H and O–H groups in total. The Morgan fingerprint density at radius 3 is 2.60 bits per heavy atom. The highest BCUT2D eigenvalue weighted by Gasteiger charge is 2.07. The predicted molar refractivity (Wildman–Crippen MR) is 83.8 cm³/mol. The number of aromatic nitrogens is 3. The Bertz CT molecular complexity index is 525. The zero-order valence-electron chi connectivity index (χ0n) is 12.9. The van der Waals surface area contributed by atoms with Gasteiger partial charge in [-0.25, -0.2) is 4.68 Å². The molecule has 2 rings (SSSR count). The summed E-state index contributed by atoms with van der Waals surface area (Å²) in [7, 11) is 0. The fourth-order valence-corrected chi connectivity index (χ4v) is 2.29. The number of benzene rings is 1. The van der Waals surface area contributed by atoms with Gasteiger partial charge in [-0.3, -0.25) is 0 Å². The average molecular weight is 274 g/mol. The van der Waals surface area contributed by atoms with E-state index in [0.717, 1.165) is 24.1 Å². The molecule has 0 bridgehead atoms. The van der Waals surface area contributed by atoms with Crippen molar-refractivity contribution in [3.05, 3.63) is 24.3 Å². The van der Waals surface area contributed by atoms with Crippen LogP contribution in [0.25, 0.3) is 11.0 Å². The molecule has 20 heavy (non-hydrogen) atoms. The van der Waals surface area contributed by atoms with Crippen molar-refractivity contribution in [2.24, 2.45) is 0 Å². The average Bonchev–Trinajstić information content (AvgIpc) is 2.80. The van der Waals surface area contributed by atoms with Gasteiger partial charge in [-0.1, -0.05) is 30.2 Å². The lowest BCUT2D eigenvalue weighted by molar-refractivity contribution is 0.414. The van der Waals surface area contributed by atoms with Gasteiger partial charge in [0.1, 0.15) is 5.52 Å². The van der Waals surface area contributed by atoms with Crippen molar-refractivity contribution in [1.29, 1.82) is 0 Å². The van der Waals surface area contributed by atoms with Gasteiger partial charge in [-0.2, -0.15) is 0 Å². The van der Waals surface area contributed by atoms with Gasteiger partial charge >= 0.3 is 0 Å². The zero-order valence-corrected chi connectivity index (χ0v) is 12.9. The van der Waals surface area contributed by atoms with Gasteiger partial charge in [-0.05, 0) is 52.3 Å². The first-order valence-electron chi connectivity index (χ1n) is 7.59. The van der Waals surface area contributed by atoms with Crippen LogP contribution < -0.4 is 5.32 Å². The Labute approximate surface area is 121 Å². The number of aryl methyl sites for hydroxylation is 1. The van der Waals surface area contributed by atoms with E-state index in [1.165, 1.54) is 25.7 Å². The fourth-order valence-electron chi connectivity index (χ4n) is 2.29. The number of hydrogen-bond acceptors (Lipinski definition) is 3. The maximum atomic E-state index is 4.22. The van der Waals surface area contributed by atoms with Crippen LogP contribution in [0.4, 0.5) is 0 Å². The minimum atomic E-state index is 0.236. The van der Waals surface area contributed by atoms with Gasteiger partial charge in [0.25, 0.3) is 0 Å². The van der Waals surface area contributed by atoms with E-state index in [-0.39, 0.29) is 5.54 Å². The minimum absolute atomic E-state index is 0.236. The maximum absolute atomic E-state index is 4.22. The Morgan fingerprint density at radius 1 is 1.05 bits per heavy atom. The van der Waals surface area contributed by atoms with E-state index in [0.29, 0.717) is 0 Å². The molecule has 0 saturated heterocycles. The lowest BCUT2D eigenvalue weighted by Crippen LogP contribution is -2.36. The van der Waals surface area contributed by atoms with Crippen LogP contribution in [0.3, 0.4) is 0 Å². The summed E-state index contributed by atoms with van der Waals surface area (Å²) in [5.74, 6) is 0. The third kappa shape index (κ3) is 4.60. The van der Waals surface area contributed by atoms with E-state index in [2.05, 4.69) is 42.5 Å². The second kappa shape index (κ2) is 6.84. The number of unbranched alkanes of at least 4 members (excludes halogenated alkanes) is 3. The van der Waals surface area contributed by atoms with Gasteiger partial charge in [-0.15, -0.1) is 5.10 Å². The van der Waals surface area contributed by atoms with Crippen LogP contribution in [0, 0.1) is 0 Å². The number of fused-ring (bicyclic) bond motifs is 1. The number of nitrogens with one attached hydrogen (secondary N) is 1. The largest absolute Gasteiger partial charge is 0.312 e. The molecule has 110 valence electrons. The van der Waals surface area contributed by atoms with E-state index in [9.17, 15) is 0 Å². The number of hydrogen-bond donors (Lipinski definition) is 1. The molecule has 0 unspecified atom stereocenters. The molecule has 0 atom stereocenters. The summed E-state index contributed by atoms with van der Waals surface area (Å²) in [6, 6.07) is 8.14. The molecule has 2 aromatic rings. The van der Waals surface area contributed by atoms with Crippen LogP contribution in [-0.2, 0) is 6.54 Å². The summed E-state index contributed by atoms with van der Waals surface area (Å²) < 4.78 is 2.02. The fraction of sp³-hybridized carbons (Fsp3) is 0.625. The highest BCUT2D eigenvalue weighted by molar-refractivity contribution is 5.73. The molecule has 1 heterocycles. The summed E-state index contributed by atoms with van der Waals surface area (Å²) in [6.07, 6.45) is 4.94. The molecule has 0 radical (unpaired) electrons. The van der Waals surface area contributed by atoms with Gasteiger partial charge in [0.2, 0.25) is 0 Å². The molecular weight excluding hydrogens is 248 g/mol. The Balaban J connectivity index is 1.64. The summed E-state index contributed by atoms with van der Waals surface area (Å²) in [5, 5.41) is 11.9. The minimum Gasteiger partial charge on any atom is -0.312 e. The van der Waals surface area contributed by atoms with Crippen LogP contribution in [0.15, 0.2) is 24.3 Å². The summed E-state index contributed by atoms with van der Waals surface area (Å²) in [4.78, 5) is 0. The van der Waals surface area contributed by atoms with Crippen LogP contribution in [0.1, 0.15) is 46.5 Å². The quantitative estimate of drug-likeness (QED) is 0.787. The molecule has 0 spiro atoms. The standard InChI is InChI=1S/C16H26N4/c1-16(2,3)17-12-8-4-5-9-13-20-15-11-7-6-10-14(15)18-19-20/h6-7,10-11,17H,4-5,8-9,12-13H2,1-3H3. The summed E-state index contributed by atoms with van der Waals surface area (Å²) >= 11 is 0. The number of para-hydroxylation sites is 1. The van der Waals surface area contributed by atoms with Crippen LogP contribution >= 0.6 is 0 Å². The van der Waals surface area contributed by atoms with Crippen molar-refractivity contribution in [1.82, 2.24) is 20.3 Å². The molecule has 0 aliphatic carbocycles. The third-order valence-corrected chi connectivity index (χ3v) is 3.37. The van der Waals surface area contributed by atoms with E-state index in [4.69, 9.17) is 0 Å². The number of nitrogens with zero attached hydrogens (tertiary/aromatic N) is 3. The molecule has 1 aromatic carbocycles.